The van der Waals surface area contributed by atoms with E-state index in [9.17, 15) is 4.79 Å². The molecule has 2 aliphatic heterocycles. The number of amides is 1. The van der Waals surface area contributed by atoms with Crippen molar-refractivity contribution in [2.75, 3.05) is 39.5 Å². The summed E-state index contributed by atoms with van der Waals surface area (Å²) in [6, 6.07) is 0. The number of ether oxygens (including phenoxy) is 2. The van der Waals surface area contributed by atoms with Crippen LogP contribution in [0.5, 0.6) is 0 Å². The van der Waals surface area contributed by atoms with Crippen LogP contribution in [0, 0.1) is 5.41 Å². The predicted molar refractivity (Wildman–Crippen MR) is 55.6 cm³/mol. The highest BCUT2D eigenvalue weighted by molar-refractivity contribution is 5.77. The van der Waals surface area contributed by atoms with Crippen LogP contribution in [0.1, 0.15) is 19.8 Å². The molecule has 0 bridgehead atoms. The van der Waals surface area contributed by atoms with Gasteiger partial charge >= 0.3 is 0 Å². The maximum Gasteiger partial charge on any atom is 0.248 e. The van der Waals surface area contributed by atoms with Gasteiger partial charge in [-0.1, -0.05) is 0 Å². The fourth-order valence-corrected chi connectivity index (χ4v) is 2.19. The smallest absolute Gasteiger partial charge is 0.248 e. The van der Waals surface area contributed by atoms with Gasteiger partial charge in [-0.3, -0.25) is 4.79 Å². The Morgan fingerprint density at radius 1 is 1.40 bits per heavy atom. The number of hydrogen-bond acceptors (Lipinski definition) is 3. The second kappa shape index (κ2) is 4.49. The maximum absolute atomic E-state index is 11.6. The van der Waals surface area contributed by atoms with Crippen LogP contribution in [0.15, 0.2) is 0 Å². The lowest BCUT2D eigenvalue weighted by Gasteiger charge is -2.47. The molecule has 2 saturated heterocycles. The van der Waals surface area contributed by atoms with E-state index in [2.05, 4.69) is 0 Å². The van der Waals surface area contributed by atoms with E-state index < -0.39 is 0 Å². The van der Waals surface area contributed by atoms with Crippen molar-refractivity contribution in [1.29, 1.82) is 0 Å². The molecule has 0 N–H and O–H groups in total. The number of likely N-dealkylation sites (tertiary alicyclic amines) is 1. The van der Waals surface area contributed by atoms with Crippen LogP contribution >= 0.6 is 0 Å². The van der Waals surface area contributed by atoms with Gasteiger partial charge in [0.15, 0.2) is 0 Å². The molecule has 0 aromatic heterocycles. The molecule has 0 unspecified atom stereocenters. The average molecular weight is 213 g/mol. The van der Waals surface area contributed by atoms with Crippen molar-refractivity contribution < 1.29 is 14.3 Å². The number of nitrogens with zero attached hydrogens (tertiary/aromatic N) is 1. The van der Waals surface area contributed by atoms with Crippen molar-refractivity contribution in [2.45, 2.75) is 19.8 Å². The van der Waals surface area contributed by atoms with E-state index >= 15 is 0 Å². The Morgan fingerprint density at radius 2 is 2.07 bits per heavy atom. The van der Waals surface area contributed by atoms with E-state index in [0.29, 0.717) is 12.0 Å². The third-order valence-corrected chi connectivity index (χ3v) is 3.42. The molecule has 1 amide bonds. The lowest BCUT2D eigenvalue weighted by atomic mass is 9.77. The van der Waals surface area contributed by atoms with Crippen LogP contribution < -0.4 is 0 Å². The van der Waals surface area contributed by atoms with Gasteiger partial charge in [-0.15, -0.1) is 0 Å². The highest BCUT2D eigenvalue weighted by atomic mass is 16.5. The topological polar surface area (TPSA) is 38.8 Å². The molecule has 0 aliphatic carbocycles. The first kappa shape index (κ1) is 10.9. The molecule has 0 radical (unpaired) electrons. The van der Waals surface area contributed by atoms with E-state index in [1.165, 1.54) is 0 Å². The van der Waals surface area contributed by atoms with Crippen LogP contribution in [0.3, 0.4) is 0 Å². The molecule has 86 valence electrons. The molecule has 0 aromatic carbocycles. The zero-order valence-electron chi connectivity index (χ0n) is 9.33. The molecule has 0 saturated carbocycles. The Balaban J connectivity index is 1.75. The lowest BCUT2D eigenvalue weighted by Crippen LogP contribution is -2.52. The number of carbonyl (C=O) groups excluding carboxylic acids is 1. The van der Waals surface area contributed by atoms with E-state index in [-0.39, 0.29) is 12.5 Å². The zero-order valence-corrected chi connectivity index (χ0v) is 9.33. The van der Waals surface area contributed by atoms with Gasteiger partial charge in [0.05, 0.1) is 13.2 Å². The molecule has 2 fully saturated rings. The Morgan fingerprint density at radius 3 is 2.53 bits per heavy atom. The molecule has 2 heterocycles. The summed E-state index contributed by atoms with van der Waals surface area (Å²) in [5.74, 6) is 0.131. The third kappa shape index (κ3) is 2.32. The predicted octanol–water partition coefficient (Wildman–Crippen LogP) is 0.662. The minimum absolute atomic E-state index is 0.131. The Labute approximate surface area is 90.5 Å². The number of rotatable bonds is 3. The summed E-state index contributed by atoms with van der Waals surface area (Å²) in [4.78, 5) is 13.6. The Hall–Kier alpha value is -0.610. The highest BCUT2D eigenvalue weighted by Gasteiger charge is 2.41. The van der Waals surface area contributed by atoms with Crippen molar-refractivity contribution in [3.8, 4) is 0 Å². The van der Waals surface area contributed by atoms with Gasteiger partial charge in [-0.05, 0) is 19.8 Å². The summed E-state index contributed by atoms with van der Waals surface area (Å²) in [5.41, 5.74) is 0.405. The van der Waals surface area contributed by atoms with E-state index in [0.717, 1.165) is 39.1 Å². The Kier molecular flexibility index (Phi) is 3.26. The molecule has 0 atom stereocenters. The van der Waals surface area contributed by atoms with Gasteiger partial charge < -0.3 is 14.4 Å². The lowest BCUT2D eigenvalue weighted by molar-refractivity contribution is -0.155. The molecule has 2 aliphatic rings. The highest BCUT2D eigenvalue weighted by Crippen LogP contribution is 2.38. The van der Waals surface area contributed by atoms with Crippen LogP contribution in [0.4, 0.5) is 0 Å². The average Bonchev–Trinajstić information content (AvgIpc) is 2.24. The van der Waals surface area contributed by atoms with Gasteiger partial charge in [0.2, 0.25) is 5.91 Å². The maximum atomic E-state index is 11.6. The van der Waals surface area contributed by atoms with Gasteiger partial charge in [0.25, 0.3) is 0 Å². The zero-order chi connectivity index (χ0) is 10.7. The molecule has 0 aromatic rings. The standard InChI is InChI=1S/C11H19NO3/c1-2-14-7-10(13)12-5-3-11(4-6-12)8-15-9-11/h2-9H2,1H3. The van der Waals surface area contributed by atoms with Crippen LogP contribution in [-0.2, 0) is 14.3 Å². The summed E-state index contributed by atoms with van der Waals surface area (Å²) >= 11 is 0. The van der Waals surface area contributed by atoms with E-state index in [4.69, 9.17) is 9.47 Å². The summed E-state index contributed by atoms with van der Waals surface area (Å²) < 4.78 is 10.4. The molecule has 15 heavy (non-hydrogen) atoms. The van der Waals surface area contributed by atoms with Crippen molar-refractivity contribution in [3.05, 3.63) is 0 Å². The molecular formula is C11H19NO3. The van der Waals surface area contributed by atoms with Crippen molar-refractivity contribution in [2.24, 2.45) is 5.41 Å². The molecule has 2 rings (SSSR count). The fraction of sp³-hybridized carbons (Fsp3) is 0.909. The second-order valence-electron chi connectivity index (χ2n) is 4.51. The number of carbonyl (C=O) groups is 1. The first-order chi connectivity index (χ1) is 7.26. The first-order valence-electron chi connectivity index (χ1n) is 5.69. The molecule has 4 nitrogen and oxygen atoms in total. The summed E-state index contributed by atoms with van der Waals surface area (Å²) in [7, 11) is 0. The van der Waals surface area contributed by atoms with Crippen LogP contribution in [0.25, 0.3) is 0 Å². The summed E-state index contributed by atoms with van der Waals surface area (Å²) in [5, 5.41) is 0. The van der Waals surface area contributed by atoms with E-state index in [1.807, 2.05) is 11.8 Å². The van der Waals surface area contributed by atoms with Gasteiger partial charge in [0, 0.05) is 25.1 Å². The SMILES string of the molecule is CCOCC(=O)N1CCC2(CC1)COC2. The quantitative estimate of drug-likeness (QED) is 0.691. The second-order valence-corrected chi connectivity index (χ2v) is 4.51. The van der Waals surface area contributed by atoms with Gasteiger partial charge in [-0.2, -0.15) is 0 Å². The minimum atomic E-state index is 0.131. The minimum Gasteiger partial charge on any atom is -0.380 e. The van der Waals surface area contributed by atoms with Gasteiger partial charge in [0.1, 0.15) is 6.61 Å². The monoisotopic (exact) mass is 213 g/mol. The fourth-order valence-electron chi connectivity index (χ4n) is 2.19. The third-order valence-electron chi connectivity index (χ3n) is 3.42. The van der Waals surface area contributed by atoms with Gasteiger partial charge in [-0.25, -0.2) is 0 Å². The first-order valence-corrected chi connectivity index (χ1v) is 5.69. The molecule has 4 heteroatoms. The number of hydrogen-bond donors (Lipinski definition) is 0. The normalized spacial score (nSPS) is 23.9. The largest absolute Gasteiger partial charge is 0.380 e. The van der Waals surface area contributed by atoms with E-state index in [1.54, 1.807) is 0 Å². The van der Waals surface area contributed by atoms with Crippen molar-refractivity contribution >= 4 is 5.91 Å². The van der Waals surface area contributed by atoms with Crippen LogP contribution in [-0.4, -0.2) is 50.3 Å². The molecular weight excluding hydrogens is 194 g/mol. The van der Waals surface area contributed by atoms with Crippen molar-refractivity contribution in [3.63, 3.8) is 0 Å². The number of piperidine rings is 1. The summed E-state index contributed by atoms with van der Waals surface area (Å²) in [6.07, 6.45) is 2.18. The summed E-state index contributed by atoms with van der Waals surface area (Å²) in [6.45, 7) is 6.27. The van der Waals surface area contributed by atoms with Crippen molar-refractivity contribution in [1.82, 2.24) is 4.90 Å². The Bertz CT molecular complexity index is 228. The molecule has 1 spiro atoms. The van der Waals surface area contributed by atoms with Crippen LogP contribution in [0.2, 0.25) is 0 Å².